The molecule has 1 aromatic carbocycles. The highest BCUT2D eigenvalue weighted by Crippen LogP contribution is 2.26. The fourth-order valence-corrected chi connectivity index (χ4v) is 3.10. The molecule has 1 aromatic rings. The maximum Gasteiger partial charge on any atom is 0.0351 e. The van der Waals surface area contributed by atoms with Crippen LogP contribution in [0.1, 0.15) is 16.7 Å². The third-order valence-corrected chi connectivity index (χ3v) is 3.63. The zero-order valence-corrected chi connectivity index (χ0v) is 12.5. The highest BCUT2D eigenvalue weighted by atomic mass is 79.9. The Morgan fingerprint density at radius 2 is 2.19 bits per heavy atom. The molecule has 0 amide bonds. The quantitative estimate of drug-likeness (QED) is 0.748. The van der Waals surface area contributed by atoms with E-state index in [0.717, 1.165) is 31.9 Å². The summed E-state index contributed by atoms with van der Waals surface area (Å²) < 4.78 is 1.19. The molecular formula is C12H16BrCl2N. The van der Waals surface area contributed by atoms with Crippen LogP contribution in [0.2, 0.25) is 0 Å². The SMILES string of the molecule is Cc1cc(Br)cc2c1CCN(CCCl)C2.Cl. The van der Waals surface area contributed by atoms with E-state index >= 15 is 0 Å². The van der Waals surface area contributed by atoms with Gasteiger partial charge in [0.1, 0.15) is 0 Å². The summed E-state index contributed by atoms with van der Waals surface area (Å²) in [5.74, 6) is 0.725. The van der Waals surface area contributed by atoms with E-state index < -0.39 is 0 Å². The number of halogens is 3. The molecule has 0 unspecified atom stereocenters. The van der Waals surface area contributed by atoms with Crippen LogP contribution in [0, 0.1) is 6.92 Å². The molecule has 0 aliphatic carbocycles. The van der Waals surface area contributed by atoms with Gasteiger partial charge in [0.25, 0.3) is 0 Å². The van der Waals surface area contributed by atoms with E-state index in [-0.39, 0.29) is 12.4 Å². The second-order valence-electron chi connectivity index (χ2n) is 4.08. The number of rotatable bonds is 2. The monoisotopic (exact) mass is 323 g/mol. The van der Waals surface area contributed by atoms with Crippen LogP contribution in [0.25, 0.3) is 0 Å². The van der Waals surface area contributed by atoms with Crippen molar-refractivity contribution in [3.8, 4) is 0 Å². The molecule has 2 rings (SSSR count). The fraction of sp³-hybridized carbons (Fsp3) is 0.500. The Labute approximate surface area is 117 Å². The van der Waals surface area contributed by atoms with Crippen LogP contribution in [0.15, 0.2) is 16.6 Å². The standard InChI is InChI=1S/C12H15BrClN.ClH/c1-9-6-11(13)7-10-8-15(5-3-14)4-2-12(9)10;/h6-7H,2-5,8H2,1H3;1H. The minimum Gasteiger partial charge on any atom is -0.298 e. The minimum atomic E-state index is 0. The van der Waals surface area contributed by atoms with Gasteiger partial charge in [0.05, 0.1) is 0 Å². The zero-order chi connectivity index (χ0) is 10.8. The summed E-state index contributed by atoms with van der Waals surface area (Å²) >= 11 is 9.33. The van der Waals surface area contributed by atoms with Gasteiger partial charge < -0.3 is 0 Å². The Balaban J connectivity index is 0.00000128. The van der Waals surface area contributed by atoms with Crippen molar-refractivity contribution in [3.05, 3.63) is 33.3 Å². The van der Waals surface area contributed by atoms with Gasteiger partial charge in [-0.15, -0.1) is 24.0 Å². The summed E-state index contributed by atoms with van der Waals surface area (Å²) in [6, 6.07) is 4.44. The van der Waals surface area contributed by atoms with Crippen LogP contribution in [-0.4, -0.2) is 23.9 Å². The molecule has 0 spiro atoms. The molecule has 16 heavy (non-hydrogen) atoms. The summed E-state index contributed by atoms with van der Waals surface area (Å²) in [4.78, 5) is 2.42. The van der Waals surface area contributed by atoms with Gasteiger partial charge >= 0.3 is 0 Å². The van der Waals surface area contributed by atoms with Gasteiger partial charge in [-0.3, -0.25) is 4.90 Å². The van der Waals surface area contributed by atoms with E-state index in [1.54, 1.807) is 0 Å². The second kappa shape index (κ2) is 6.25. The molecule has 0 atom stereocenters. The Morgan fingerprint density at radius 1 is 1.44 bits per heavy atom. The van der Waals surface area contributed by atoms with Gasteiger partial charge in [0.2, 0.25) is 0 Å². The van der Waals surface area contributed by atoms with Crippen LogP contribution >= 0.6 is 39.9 Å². The normalized spacial score (nSPS) is 15.4. The van der Waals surface area contributed by atoms with E-state index in [9.17, 15) is 0 Å². The van der Waals surface area contributed by atoms with Gasteiger partial charge in [-0.1, -0.05) is 15.9 Å². The number of alkyl halides is 1. The number of aryl methyl sites for hydroxylation is 1. The first kappa shape index (κ1) is 14.3. The van der Waals surface area contributed by atoms with Gasteiger partial charge in [0.15, 0.2) is 0 Å². The topological polar surface area (TPSA) is 3.24 Å². The molecule has 0 bridgehead atoms. The average molecular weight is 325 g/mol. The zero-order valence-electron chi connectivity index (χ0n) is 9.30. The Morgan fingerprint density at radius 3 is 2.88 bits per heavy atom. The first-order chi connectivity index (χ1) is 7.20. The molecule has 0 saturated carbocycles. The molecule has 0 fully saturated rings. The van der Waals surface area contributed by atoms with E-state index in [1.807, 2.05) is 0 Å². The first-order valence-corrected chi connectivity index (χ1v) is 6.59. The van der Waals surface area contributed by atoms with Gasteiger partial charge in [-0.25, -0.2) is 0 Å². The highest BCUT2D eigenvalue weighted by Gasteiger charge is 2.17. The lowest BCUT2D eigenvalue weighted by atomic mass is 9.95. The molecule has 90 valence electrons. The van der Waals surface area contributed by atoms with Crippen LogP contribution < -0.4 is 0 Å². The van der Waals surface area contributed by atoms with Crippen LogP contribution in [-0.2, 0) is 13.0 Å². The highest BCUT2D eigenvalue weighted by molar-refractivity contribution is 9.10. The molecule has 1 heterocycles. The summed E-state index contributed by atoms with van der Waals surface area (Å²) in [6.07, 6.45) is 1.16. The Hall–Kier alpha value is 0.240. The average Bonchev–Trinajstić information content (AvgIpc) is 2.17. The molecule has 1 aliphatic heterocycles. The number of nitrogens with zero attached hydrogens (tertiary/aromatic N) is 1. The molecule has 1 nitrogen and oxygen atoms in total. The molecule has 0 radical (unpaired) electrons. The smallest absolute Gasteiger partial charge is 0.0351 e. The van der Waals surface area contributed by atoms with E-state index in [2.05, 4.69) is 39.9 Å². The number of fused-ring (bicyclic) bond motifs is 1. The Bertz CT molecular complexity index is 368. The van der Waals surface area contributed by atoms with Crippen molar-refractivity contribution in [3.63, 3.8) is 0 Å². The number of hydrogen-bond donors (Lipinski definition) is 0. The number of hydrogen-bond acceptors (Lipinski definition) is 1. The lowest BCUT2D eigenvalue weighted by molar-refractivity contribution is 0.269. The minimum absolute atomic E-state index is 0. The summed E-state index contributed by atoms with van der Waals surface area (Å²) in [7, 11) is 0. The van der Waals surface area contributed by atoms with Crippen LogP contribution in [0.3, 0.4) is 0 Å². The fourth-order valence-electron chi connectivity index (χ4n) is 2.24. The van der Waals surface area contributed by atoms with Crippen molar-refractivity contribution < 1.29 is 0 Å². The Kier molecular flexibility index (Phi) is 5.58. The van der Waals surface area contributed by atoms with Crippen molar-refractivity contribution >= 4 is 39.9 Å². The maximum atomic E-state index is 5.77. The first-order valence-electron chi connectivity index (χ1n) is 5.27. The van der Waals surface area contributed by atoms with Crippen molar-refractivity contribution in [2.75, 3.05) is 19.0 Å². The van der Waals surface area contributed by atoms with Crippen molar-refractivity contribution in [2.24, 2.45) is 0 Å². The third kappa shape index (κ3) is 3.13. The van der Waals surface area contributed by atoms with Crippen molar-refractivity contribution in [1.82, 2.24) is 4.90 Å². The molecule has 1 aliphatic rings. The maximum absolute atomic E-state index is 5.77. The lowest BCUT2D eigenvalue weighted by Crippen LogP contribution is -2.32. The van der Waals surface area contributed by atoms with E-state index in [1.165, 1.54) is 21.2 Å². The molecular weight excluding hydrogens is 309 g/mol. The second-order valence-corrected chi connectivity index (χ2v) is 5.37. The van der Waals surface area contributed by atoms with Gasteiger partial charge in [-0.2, -0.15) is 0 Å². The van der Waals surface area contributed by atoms with Crippen molar-refractivity contribution in [1.29, 1.82) is 0 Å². The summed E-state index contributed by atoms with van der Waals surface area (Å²) in [5, 5.41) is 0. The van der Waals surface area contributed by atoms with Crippen molar-refractivity contribution in [2.45, 2.75) is 19.9 Å². The van der Waals surface area contributed by atoms with Gasteiger partial charge in [0, 0.05) is 30.0 Å². The molecule has 0 aromatic heterocycles. The van der Waals surface area contributed by atoms with Crippen LogP contribution in [0.5, 0.6) is 0 Å². The summed E-state index contributed by atoms with van der Waals surface area (Å²) in [5.41, 5.74) is 4.40. The van der Waals surface area contributed by atoms with E-state index in [0.29, 0.717) is 0 Å². The summed E-state index contributed by atoms with van der Waals surface area (Å²) in [6.45, 7) is 5.37. The lowest BCUT2D eigenvalue weighted by Gasteiger charge is -2.29. The predicted octanol–water partition coefficient (Wildman–Crippen LogP) is 3.78. The molecule has 0 N–H and O–H groups in total. The van der Waals surface area contributed by atoms with Crippen LogP contribution in [0.4, 0.5) is 0 Å². The predicted molar refractivity (Wildman–Crippen MR) is 75.8 cm³/mol. The molecule has 0 saturated heterocycles. The molecule has 4 heteroatoms. The number of benzene rings is 1. The van der Waals surface area contributed by atoms with Gasteiger partial charge in [-0.05, 0) is 42.2 Å². The van der Waals surface area contributed by atoms with E-state index in [4.69, 9.17) is 11.6 Å². The third-order valence-electron chi connectivity index (χ3n) is 3.00. The largest absolute Gasteiger partial charge is 0.298 e.